The highest BCUT2D eigenvalue weighted by molar-refractivity contribution is 9.10. The topological polar surface area (TPSA) is 18.5 Å². The van der Waals surface area contributed by atoms with E-state index in [0.717, 1.165) is 21.3 Å². The van der Waals surface area contributed by atoms with Gasteiger partial charge in [-0.15, -0.1) is 11.6 Å². The number of ether oxygens (including phenoxy) is 2. The van der Waals surface area contributed by atoms with E-state index in [1.54, 1.807) is 19.2 Å². The zero-order chi connectivity index (χ0) is 14.7. The molecule has 0 aliphatic carbocycles. The van der Waals surface area contributed by atoms with Crippen molar-refractivity contribution in [2.45, 2.75) is 5.38 Å². The molecule has 20 heavy (non-hydrogen) atoms. The molecule has 0 N–H and O–H groups in total. The molecule has 0 radical (unpaired) electrons. The quantitative estimate of drug-likeness (QED) is 0.720. The molecule has 0 saturated heterocycles. The van der Waals surface area contributed by atoms with Gasteiger partial charge in [-0.2, -0.15) is 0 Å². The van der Waals surface area contributed by atoms with Crippen molar-refractivity contribution in [3.63, 3.8) is 0 Å². The average molecular weight is 360 g/mol. The summed E-state index contributed by atoms with van der Waals surface area (Å²) in [5, 5.41) is -0.397. The second-order valence-corrected chi connectivity index (χ2v) is 5.44. The lowest BCUT2D eigenvalue weighted by Gasteiger charge is -2.13. The molecule has 0 bridgehead atoms. The number of rotatable bonds is 4. The van der Waals surface area contributed by atoms with E-state index in [1.165, 1.54) is 13.2 Å². The number of benzene rings is 2. The van der Waals surface area contributed by atoms with Gasteiger partial charge in [0.2, 0.25) is 0 Å². The van der Waals surface area contributed by atoms with E-state index in [1.807, 2.05) is 18.2 Å². The van der Waals surface area contributed by atoms with E-state index >= 15 is 0 Å². The SMILES string of the molecule is COc1cc(C(Cl)c2ccc(OC)c(Br)c2)ccc1F. The first-order valence-electron chi connectivity index (χ1n) is 5.87. The van der Waals surface area contributed by atoms with Crippen LogP contribution in [0.15, 0.2) is 40.9 Å². The Labute approximate surface area is 130 Å². The van der Waals surface area contributed by atoms with Gasteiger partial charge < -0.3 is 9.47 Å². The molecule has 0 saturated carbocycles. The van der Waals surface area contributed by atoms with Crippen molar-refractivity contribution in [1.82, 2.24) is 0 Å². The molecule has 106 valence electrons. The van der Waals surface area contributed by atoms with E-state index in [4.69, 9.17) is 21.1 Å². The van der Waals surface area contributed by atoms with E-state index in [2.05, 4.69) is 15.9 Å². The highest BCUT2D eigenvalue weighted by Crippen LogP contribution is 2.35. The maximum absolute atomic E-state index is 13.4. The maximum Gasteiger partial charge on any atom is 0.165 e. The first-order valence-corrected chi connectivity index (χ1v) is 7.10. The Morgan fingerprint density at radius 1 is 1.00 bits per heavy atom. The summed E-state index contributed by atoms with van der Waals surface area (Å²) in [6.07, 6.45) is 0. The lowest BCUT2D eigenvalue weighted by Crippen LogP contribution is -1.97. The van der Waals surface area contributed by atoms with Crippen LogP contribution in [0, 0.1) is 5.82 Å². The van der Waals surface area contributed by atoms with Crippen molar-refractivity contribution in [3.05, 3.63) is 57.8 Å². The van der Waals surface area contributed by atoms with Gasteiger partial charge in [0.1, 0.15) is 5.75 Å². The lowest BCUT2D eigenvalue weighted by atomic mass is 10.0. The Balaban J connectivity index is 2.35. The van der Waals surface area contributed by atoms with Crippen LogP contribution in [0.5, 0.6) is 11.5 Å². The van der Waals surface area contributed by atoms with Gasteiger partial charge in [-0.05, 0) is 51.3 Å². The number of methoxy groups -OCH3 is 2. The van der Waals surface area contributed by atoms with Crippen LogP contribution in [0.2, 0.25) is 0 Å². The summed E-state index contributed by atoms with van der Waals surface area (Å²) in [4.78, 5) is 0. The fourth-order valence-corrected chi connectivity index (χ4v) is 2.70. The monoisotopic (exact) mass is 358 g/mol. The Hall–Kier alpha value is -1.26. The van der Waals surface area contributed by atoms with E-state index in [-0.39, 0.29) is 5.75 Å². The first kappa shape index (κ1) is 15.1. The Bertz CT molecular complexity index is 619. The summed E-state index contributed by atoms with van der Waals surface area (Å²) in [5.41, 5.74) is 1.65. The van der Waals surface area contributed by atoms with Crippen LogP contribution < -0.4 is 9.47 Å². The number of hydrogen-bond acceptors (Lipinski definition) is 2. The van der Waals surface area contributed by atoms with Crippen LogP contribution >= 0.6 is 27.5 Å². The van der Waals surface area contributed by atoms with Crippen molar-refractivity contribution < 1.29 is 13.9 Å². The zero-order valence-corrected chi connectivity index (χ0v) is 13.3. The largest absolute Gasteiger partial charge is 0.496 e. The summed E-state index contributed by atoms with van der Waals surface area (Å²) in [7, 11) is 3.03. The van der Waals surface area contributed by atoms with Crippen molar-refractivity contribution in [2.24, 2.45) is 0 Å². The molecule has 2 aromatic rings. The van der Waals surface area contributed by atoms with Crippen LogP contribution in [0.1, 0.15) is 16.5 Å². The molecule has 1 unspecified atom stereocenters. The summed E-state index contributed by atoms with van der Waals surface area (Å²) in [6.45, 7) is 0. The van der Waals surface area contributed by atoms with Crippen molar-refractivity contribution in [1.29, 1.82) is 0 Å². The third-order valence-corrected chi connectivity index (χ3v) is 4.06. The van der Waals surface area contributed by atoms with E-state index < -0.39 is 11.2 Å². The minimum atomic E-state index is -0.406. The van der Waals surface area contributed by atoms with E-state index in [9.17, 15) is 4.39 Å². The van der Waals surface area contributed by atoms with Crippen LogP contribution in [-0.2, 0) is 0 Å². The second kappa shape index (κ2) is 6.46. The summed E-state index contributed by atoms with van der Waals surface area (Å²) in [6, 6.07) is 10.2. The molecule has 2 aromatic carbocycles. The molecule has 2 rings (SSSR count). The molecule has 0 amide bonds. The maximum atomic E-state index is 13.4. The average Bonchev–Trinajstić information content (AvgIpc) is 2.47. The van der Waals surface area contributed by atoms with Gasteiger partial charge in [0.05, 0.1) is 24.1 Å². The van der Waals surface area contributed by atoms with Crippen molar-refractivity contribution in [2.75, 3.05) is 14.2 Å². The first-order chi connectivity index (χ1) is 9.56. The summed E-state index contributed by atoms with van der Waals surface area (Å²) in [5.74, 6) is 0.506. The molecule has 0 aliphatic rings. The summed E-state index contributed by atoms with van der Waals surface area (Å²) >= 11 is 9.86. The molecule has 2 nitrogen and oxygen atoms in total. The predicted octanol–water partition coefficient (Wildman–Crippen LogP) is 4.93. The predicted molar refractivity (Wildman–Crippen MR) is 81.3 cm³/mol. The lowest BCUT2D eigenvalue weighted by molar-refractivity contribution is 0.386. The van der Waals surface area contributed by atoms with Crippen LogP contribution in [-0.4, -0.2) is 14.2 Å². The standard InChI is InChI=1S/C15H13BrClFO2/c1-19-13-6-4-9(7-11(13)16)15(17)10-3-5-12(18)14(8-10)20-2/h3-8,15H,1-2H3. The van der Waals surface area contributed by atoms with Gasteiger partial charge in [0.25, 0.3) is 0 Å². The minimum absolute atomic E-state index is 0.181. The molecule has 0 heterocycles. The zero-order valence-electron chi connectivity index (χ0n) is 11.0. The number of hydrogen-bond donors (Lipinski definition) is 0. The van der Waals surface area contributed by atoms with Gasteiger partial charge in [-0.1, -0.05) is 12.1 Å². The van der Waals surface area contributed by atoms with Gasteiger partial charge in [-0.3, -0.25) is 0 Å². The highest BCUT2D eigenvalue weighted by atomic mass is 79.9. The second-order valence-electron chi connectivity index (χ2n) is 4.15. The Kier molecular flexibility index (Phi) is 4.89. The van der Waals surface area contributed by atoms with Gasteiger partial charge in [-0.25, -0.2) is 4.39 Å². The minimum Gasteiger partial charge on any atom is -0.496 e. The smallest absolute Gasteiger partial charge is 0.165 e. The van der Waals surface area contributed by atoms with Crippen LogP contribution in [0.25, 0.3) is 0 Å². The molecule has 0 spiro atoms. The van der Waals surface area contributed by atoms with Gasteiger partial charge in [0.15, 0.2) is 11.6 Å². The molecule has 0 aliphatic heterocycles. The van der Waals surface area contributed by atoms with Crippen LogP contribution in [0.4, 0.5) is 4.39 Å². The van der Waals surface area contributed by atoms with Gasteiger partial charge in [0, 0.05) is 0 Å². The molecule has 1 atom stereocenters. The molecular weight excluding hydrogens is 347 g/mol. The Morgan fingerprint density at radius 2 is 1.60 bits per heavy atom. The number of alkyl halides is 1. The highest BCUT2D eigenvalue weighted by Gasteiger charge is 2.15. The van der Waals surface area contributed by atoms with Crippen molar-refractivity contribution in [3.8, 4) is 11.5 Å². The Morgan fingerprint density at radius 3 is 2.20 bits per heavy atom. The number of halogens is 3. The van der Waals surface area contributed by atoms with E-state index in [0.29, 0.717) is 0 Å². The molecular formula is C15H13BrClFO2. The normalized spacial score (nSPS) is 12.1. The summed E-state index contributed by atoms with van der Waals surface area (Å²) < 4.78 is 24.4. The molecule has 5 heteroatoms. The van der Waals surface area contributed by atoms with Crippen LogP contribution in [0.3, 0.4) is 0 Å². The fourth-order valence-electron chi connectivity index (χ4n) is 1.87. The molecule has 0 aromatic heterocycles. The third-order valence-electron chi connectivity index (χ3n) is 2.94. The fraction of sp³-hybridized carbons (Fsp3) is 0.200. The van der Waals surface area contributed by atoms with Gasteiger partial charge >= 0.3 is 0 Å². The third kappa shape index (κ3) is 3.07. The van der Waals surface area contributed by atoms with Crippen molar-refractivity contribution >= 4 is 27.5 Å². The molecule has 0 fully saturated rings.